The summed E-state index contributed by atoms with van der Waals surface area (Å²) in [6.45, 7) is 1.54. The van der Waals surface area contributed by atoms with Gasteiger partial charge in [0, 0.05) is 60.7 Å². The minimum absolute atomic E-state index is 0.0102. The highest BCUT2D eigenvalue weighted by atomic mass is 16.2. The van der Waals surface area contributed by atoms with Crippen molar-refractivity contribution in [1.29, 1.82) is 5.26 Å². The van der Waals surface area contributed by atoms with Crippen molar-refractivity contribution in [3.63, 3.8) is 0 Å². The summed E-state index contributed by atoms with van der Waals surface area (Å²) >= 11 is 0. The molecule has 1 aromatic heterocycles. The van der Waals surface area contributed by atoms with Gasteiger partial charge in [0.15, 0.2) is 0 Å². The lowest BCUT2D eigenvalue weighted by Gasteiger charge is -2.37. The van der Waals surface area contributed by atoms with Gasteiger partial charge in [-0.25, -0.2) is 9.97 Å². The number of carbonyl (C=O) groups excluding carboxylic acids is 3. The number of piperidine rings is 1. The number of hydrogen-bond donors (Lipinski definition) is 2. The van der Waals surface area contributed by atoms with Crippen LogP contribution in [0.25, 0.3) is 11.3 Å². The van der Waals surface area contributed by atoms with Crippen molar-refractivity contribution in [3.8, 4) is 17.3 Å². The third kappa shape index (κ3) is 5.47. The molecule has 2 aliphatic rings. The van der Waals surface area contributed by atoms with E-state index >= 15 is 0 Å². The monoisotopic (exact) mass is 509 g/mol. The second-order valence-electron chi connectivity index (χ2n) is 9.23. The summed E-state index contributed by atoms with van der Waals surface area (Å²) in [6, 6.07) is 18.7. The summed E-state index contributed by atoms with van der Waals surface area (Å²) in [5, 5.41) is 14.4. The Balaban J connectivity index is 1.19. The first-order chi connectivity index (χ1) is 18.5. The van der Waals surface area contributed by atoms with Crippen molar-refractivity contribution in [2.45, 2.75) is 31.7 Å². The molecule has 2 aliphatic heterocycles. The minimum Gasteiger partial charge on any atom is -0.371 e. The first kappa shape index (κ1) is 24.9. The van der Waals surface area contributed by atoms with Gasteiger partial charge in [0.25, 0.3) is 5.91 Å². The Morgan fingerprint density at radius 3 is 2.32 bits per heavy atom. The van der Waals surface area contributed by atoms with E-state index in [2.05, 4.69) is 25.5 Å². The van der Waals surface area contributed by atoms with Gasteiger partial charge >= 0.3 is 0 Å². The summed E-state index contributed by atoms with van der Waals surface area (Å²) < 4.78 is 0. The zero-order valence-corrected chi connectivity index (χ0v) is 20.8. The number of nitriles is 1. The van der Waals surface area contributed by atoms with E-state index in [1.165, 1.54) is 4.90 Å². The number of amides is 3. The molecule has 5 rings (SSSR count). The summed E-state index contributed by atoms with van der Waals surface area (Å²) in [5.41, 5.74) is 3.95. The molecule has 10 nitrogen and oxygen atoms in total. The van der Waals surface area contributed by atoms with Crippen LogP contribution in [0.4, 0.5) is 17.3 Å². The van der Waals surface area contributed by atoms with Crippen LogP contribution in [0.3, 0.4) is 0 Å². The summed E-state index contributed by atoms with van der Waals surface area (Å²) in [4.78, 5) is 48.8. The molecule has 38 heavy (non-hydrogen) atoms. The average molecular weight is 510 g/mol. The van der Waals surface area contributed by atoms with Crippen LogP contribution in [0.5, 0.6) is 0 Å². The van der Waals surface area contributed by atoms with E-state index in [0.29, 0.717) is 30.0 Å². The molecule has 0 bridgehead atoms. The molecular weight excluding hydrogens is 482 g/mol. The fourth-order valence-corrected chi connectivity index (χ4v) is 4.86. The standard InChI is InChI=1S/C28H27N7O3/c29-14-16-30-27(38)20-3-1-19(2-4-20)24-11-15-31-28(33-24)32-21-5-7-22(8-6-21)34-17-12-23(13-18-34)35-25(36)9-10-26(35)37/h1-8,11,15,23H,9-10,12-13,16-18H2,(H,30,38)(H,31,32,33). The van der Waals surface area contributed by atoms with Gasteiger partial charge in [0.05, 0.1) is 11.8 Å². The zero-order chi connectivity index (χ0) is 26.5. The molecular formula is C28H27N7O3. The molecule has 3 aromatic rings. The van der Waals surface area contributed by atoms with Gasteiger partial charge in [0.2, 0.25) is 17.8 Å². The number of likely N-dealkylation sites (tertiary alicyclic amines) is 1. The van der Waals surface area contributed by atoms with Crippen LogP contribution in [-0.2, 0) is 9.59 Å². The minimum atomic E-state index is -0.298. The maximum atomic E-state index is 12.0. The Hall–Kier alpha value is -4.78. The normalized spacial score (nSPS) is 15.9. The van der Waals surface area contributed by atoms with Crippen molar-refractivity contribution in [1.82, 2.24) is 20.2 Å². The number of nitrogens with zero attached hydrogens (tertiary/aromatic N) is 5. The molecule has 0 saturated carbocycles. The highest BCUT2D eigenvalue weighted by Crippen LogP contribution is 2.27. The van der Waals surface area contributed by atoms with Gasteiger partial charge in [-0.2, -0.15) is 5.26 Å². The smallest absolute Gasteiger partial charge is 0.252 e. The summed E-state index contributed by atoms with van der Waals surface area (Å²) in [7, 11) is 0. The predicted molar refractivity (Wildman–Crippen MR) is 141 cm³/mol. The third-order valence-electron chi connectivity index (χ3n) is 6.83. The first-order valence-corrected chi connectivity index (χ1v) is 12.6. The maximum Gasteiger partial charge on any atom is 0.252 e. The molecule has 0 radical (unpaired) electrons. The van der Waals surface area contributed by atoms with Crippen LogP contribution >= 0.6 is 0 Å². The molecule has 3 amide bonds. The number of imide groups is 1. The van der Waals surface area contributed by atoms with E-state index in [1.54, 1.807) is 36.5 Å². The number of rotatable bonds is 7. The Morgan fingerprint density at radius 1 is 0.974 bits per heavy atom. The van der Waals surface area contributed by atoms with Crippen molar-refractivity contribution >= 4 is 35.0 Å². The van der Waals surface area contributed by atoms with Crippen LogP contribution in [-0.4, -0.2) is 58.3 Å². The second kappa shape index (κ2) is 11.1. The number of aromatic nitrogens is 2. The topological polar surface area (TPSA) is 131 Å². The highest BCUT2D eigenvalue weighted by molar-refractivity contribution is 6.02. The van der Waals surface area contributed by atoms with Gasteiger partial charge in [-0.05, 0) is 55.3 Å². The fourth-order valence-electron chi connectivity index (χ4n) is 4.86. The van der Waals surface area contributed by atoms with Crippen LogP contribution < -0.4 is 15.5 Å². The molecule has 192 valence electrons. The number of nitrogens with one attached hydrogen (secondary N) is 2. The van der Waals surface area contributed by atoms with Crippen molar-refractivity contribution < 1.29 is 14.4 Å². The molecule has 10 heteroatoms. The van der Waals surface area contributed by atoms with Gasteiger partial charge in [-0.1, -0.05) is 12.1 Å². The zero-order valence-electron chi connectivity index (χ0n) is 20.8. The molecule has 0 spiro atoms. The Morgan fingerprint density at radius 2 is 1.66 bits per heavy atom. The van der Waals surface area contributed by atoms with E-state index in [0.717, 1.165) is 42.9 Å². The molecule has 3 heterocycles. The first-order valence-electron chi connectivity index (χ1n) is 12.6. The number of benzene rings is 2. The Labute approximate surface area is 220 Å². The Kier molecular flexibility index (Phi) is 7.26. The molecule has 0 atom stereocenters. The Bertz CT molecular complexity index is 1360. The number of hydrogen-bond acceptors (Lipinski definition) is 8. The lowest BCUT2D eigenvalue weighted by molar-refractivity contribution is -0.141. The highest BCUT2D eigenvalue weighted by Gasteiger charge is 2.36. The molecule has 2 aromatic carbocycles. The quantitative estimate of drug-likeness (QED) is 0.367. The van der Waals surface area contributed by atoms with Crippen LogP contribution in [0.1, 0.15) is 36.0 Å². The molecule has 2 saturated heterocycles. The van der Waals surface area contributed by atoms with Gasteiger partial charge in [0.1, 0.15) is 6.54 Å². The molecule has 0 aliphatic carbocycles. The predicted octanol–water partition coefficient (Wildman–Crippen LogP) is 3.26. The second-order valence-corrected chi connectivity index (χ2v) is 9.23. The third-order valence-corrected chi connectivity index (χ3v) is 6.83. The van der Waals surface area contributed by atoms with E-state index < -0.39 is 0 Å². The summed E-state index contributed by atoms with van der Waals surface area (Å²) in [6.07, 6.45) is 3.92. The van der Waals surface area contributed by atoms with Gasteiger partial charge in [-0.15, -0.1) is 0 Å². The molecule has 2 N–H and O–H groups in total. The van der Waals surface area contributed by atoms with E-state index in [1.807, 2.05) is 30.3 Å². The fraction of sp³-hybridized carbons (Fsp3) is 0.286. The van der Waals surface area contributed by atoms with Crippen molar-refractivity contribution in [3.05, 3.63) is 66.4 Å². The van der Waals surface area contributed by atoms with Gasteiger partial charge in [-0.3, -0.25) is 19.3 Å². The average Bonchev–Trinajstić information content (AvgIpc) is 3.30. The van der Waals surface area contributed by atoms with Crippen LogP contribution in [0, 0.1) is 11.3 Å². The van der Waals surface area contributed by atoms with Crippen molar-refractivity contribution in [2.75, 3.05) is 29.9 Å². The van der Waals surface area contributed by atoms with Crippen LogP contribution in [0.2, 0.25) is 0 Å². The lowest BCUT2D eigenvalue weighted by atomic mass is 10.0. The number of anilines is 3. The van der Waals surface area contributed by atoms with Crippen LogP contribution in [0.15, 0.2) is 60.8 Å². The van der Waals surface area contributed by atoms with E-state index in [-0.39, 0.29) is 30.3 Å². The maximum absolute atomic E-state index is 12.0. The number of carbonyl (C=O) groups is 3. The molecule has 2 fully saturated rings. The van der Waals surface area contributed by atoms with E-state index in [9.17, 15) is 14.4 Å². The van der Waals surface area contributed by atoms with E-state index in [4.69, 9.17) is 5.26 Å². The summed E-state index contributed by atoms with van der Waals surface area (Å²) in [5.74, 6) is 0.0813. The lowest BCUT2D eigenvalue weighted by Crippen LogP contribution is -2.47. The van der Waals surface area contributed by atoms with Crippen molar-refractivity contribution in [2.24, 2.45) is 0 Å². The van der Waals surface area contributed by atoms with Gasteiger partial charge < -0.3 is 15.5 Å². The molecule has 0 unspecified atom stereocenters. The SMILES string of the molecule is N#CCNC(=O)c1ccc(-c2ccnc(Nc3ccc(N4CCC(N5C(=O)CCC5=O)CC4)cc3)n2)cc1. The largest absolute Gasteiger partial charge is 0.371 e.